The van der Waals surface area contributed by atoms with Crippen LogP contribution in [-0.4, -0.2) is 36.0 Å². The van der Waals surface area contributed by atoms with E-state index in [1.54, 1.807) is 20.1 Å². The zero-order valence-electron chi connectivity index (χ0n) is 12.3. The first-order valence-corrected chi connectivity index (χ1v) is 6.81. The van der Waals surface area contributed by atoms with Crippen LogP contribution in [-0.2, 0) is 4.74 Å². The van der Waals surface area contributed by atoms with Crippen molar-refractivity contribution in [3.05, 3.63) is 35.9 Å². The summed E-state index contributed by atoms with van der Waals surface area (Å²) in [5.74, 6) is 0.494. The molecule has 0 radical (unpaired) electrons. The fourth-order valence-corrected chi connectivity index (χ4v) is 2.02. The topological polar surface area (TPSA) is 78.2 Å². The van der Waals surface area contributed by atoms with Crippen molar-refractivity contribution >= 4 is 16.7 Å². The van der Waals surface area contributed by atoms with Gasteiger partial charge in [0.2, 0.25) is 0 Å². The number of para-hydroxylation sites is 1. The Hall–Kier alpha value is -2.16. The van der Waals surface area contributed by atoms with Crippen molar-refractivity contribution in [2.75, 3.05) is 25.6 Å². The maximum absolute atomic E-state index is 10.2. The summed E-state index contributed by atoms with van der Waals surface area (Å²) in [4.78, 5) is 4.45. The van der Waals surface area contributed by atoms with Crippen molar-refractivity contribution in [2.45, 2.75) is 18.9 Å². The molecule has 0 bridgehead atoms. The van der Waals surface area contributed by atoms with Crippen LogP contribution in [0.25, 0.3) is 10.9 Å². The molecule has 2 aromatic rings. The Bertz CT molecular complexity index is 662. The second-order valence-corrected chi connectivity index (χ2v) is 5.28. The van der Waals surface area contributed by atoms with Gasteiger partial charge in [-0.1, -0.05) is 18.2 Å². The Balaban J connectivity index is 2.19. The monoisotopic (exact) mass is 285 g/mol. The highest BCUT2D eigenvalue weighted by atomic mass is 16.5. The fourth-order valence-electron chi connectivity index (χ4n) is 2.02. The van der Waals surface area contributed by atoms with Crippen molar-refractivity contribution in [2.24, 2.45) is 0 Å². The lowest BCUT2D eigenvalue weighted by Crippen LogP contribution is -2.35. The number of methoxy groups -OCH3 is 1. The highest BCUT2D eigenvalue weighted by Gasteiger charge is 2.20. The van der Waals surface area contributed by atoms with Gasteiger partial charge in [-0.25, -0.2) is 4.98 Å². The number of benzene rings is 1. The van der Waals surface area contributed by atoms with E-state index in [0.29, 0.717) is 31.0 Å². The number of anilines is 1. The van der Waals surface area contributed by atoms with Gasteiger partial charge in [0.1, 0.15) is 11.9 Å². The second-order valence-electron chi connectivity index (χ2n) is 5.28. The number of hydrogen-bond acceptors (Lipinski definition) is 5. The van der Waals surface area contributed by atoms with E-state index in [0.717, 1.165) is 10.9 Å². The number of nitrogens with one attached hydrogen (secondary N) is 1. The second kappa shape index (κ2) is 6.53. The largest absolute Gasteiger partial charge is 0.388 e. The van der Waals surface area contributed by atoms with E-state index in [1.165, 1.54) is 0 Å². The lowest BCUT2D eigenvalue weighted by Gasteiger charge is -2.23. The number of fused-ring (bicyclic) bond motifs is 1. The predicted molar refractivity (Wildman–Crippen MR) is 82.1 cm³/mol. The summed E-state index contributed by atoms with van der Waals surface area (Å²) in [6, 6.07) is 11.6. The van der Waals surface area contributed by atoms with Crippen LogP contribution in [0.5, 0.6) is 0 Å². The molecule has 1 unspecified atom stereocenters. The first-order valence-electron chi connectivity index (χ1n) is 6.81. The Morgan fingerprint density at radius 1 is 1.43 bits per heavy atom. The average Bonchev–Trinajstić information content (AvgIpc) is 2.50. The lowest BCUT2D eigenvalue weighted by atomic mass is 10.0. The van der Waals surface area contributed by atoms with E-state index in [9.17, 15) is 10.4 Å². The Kier molecular flexibility index (Phi) is 4.73. The molecule has 110 valence electrons. The first-order chi connectivity index (χ1) is 10.1. The van der Waals surface area contributed by atoms with Crippen molar-refractivity contribution in [3.63, 3.8) is 0 Å². The summed E-state index contributed by atoms with van der Waals surface area (Å²) in [6.07, 6.45) is 0.506. The molecule has 1 aromatic carbocycles. The highest BCUT2D eigenvalue weighted by molar-refractivity contribution is 5.82. The quantitative estimate of drug-likeness (QED) is 0.851. The maximum atomic E-state index is 10.2. The maximum Gasteiger partial charge on any atom is 0.144 e. The van der Waals surface area contributed by atoms with Gasteiger partial charge in [0.15, 0.2) is 0 Å². The molecule has 1 atom stereocenters. The summed E-state index contributed by atoms with van der Waals surface area (Å²) in [6.45, 7) is 2.51. The first kappa shape index (κ1) is 15.2. The molecule has 0 fully saturated rings. The number of hydrogen-bond donors (Lipinski definition) is 2. The van der Waals surface area contributed by atoms with E-state index < -0.39 is 5.60 Å². The van der Waals surface area contributed by atoms with Gasteiger partial charge in [-0.05, 0) is 19.1 Å². The van der Waals surface area contributed by atoms with Crippen molar-refractivity contribution in [1.29, 1.82) is 5.26 Å². The molecule has 0 saturated carbocycles. The third-order valence-electron chi connectivity index (χ3n) is 3.33. The number of pyridine rings is 1. The molecule has 2 rings (SSSR count). The summed E-state index contributed by atoms with van der Waals surface area (Å²) >= 11 is 0. The molecule has 0 aliphatic heterocycles. The summed E-state index contributed by atoms with van der Waals surface area (Å²) in [5, 5.41) is 23.5. The lowest BCUT2D eigenvalue weighted by molar-refractivity contribution is 0.0357. The van der Waals surface area contributed by atoms with Gasteiger partial charge in [0.25, 0.3) is 0 Å². The summed E-state index contributed by atoms with van der Waals surface area (Å²) < 4.78 is 4.98. The van der Waals surface area contributed by atoms with E-state index >= 15 is 0 Å². The van der Waals surface area contributed by atoms with Gasteiger partial charge in [0, 0.05) is 32.1 Å². The van der Waals surface area contributed by atoms with Crippen LogP contribution in [0.2, 0.25) is 0 Å². The molecule has 0 saturated heterocycles. The van der Waals surface area contributed by atoms with Crippen LogP contribution in [0.3, 0.4) is 0 Å². The van der Waals surface area contributed by atoms with Crippen molar-refractivity contribution in [1.82, 2.24) is 4.98 Å². The zero-order valence-corrected chi connectivity index (χ0v) is 12.3. The number of nitriles is 1. The third-order valence-corrected chi connectivity index (χ3v) is 3.33. The normalized spacial score (nSPS) is 13.6. The predicted octanol–water partition coefficient (Wildman–Crippen LogP) is 2.31. The van der Waals surface area contributed by atoms with E-state index in [1.807, 2.05) is 24.3 Å². The number of nitrogens with zero attached hydrogens (tertiary/aromatic N) is 2. The summed E-state index contributed by atoms with van der Waals surface area (Å²) in [7, 11) is 1.60. The molecule has 5 nitrogen and oxygen atoms in total. The SMILES string of the molecule is COCCC(C)(O)CNc1nc2ccccc2cc1C#N. The minimum absolute atomic E-state index is 0.302. The number of rotatable bonds is 6. The molecular formula is C16H19N3O2. The summed E-state index contributed by atoms with van der Waals surface area (Å²) in [5.41, 5.74) is 0.363. The van der Waals surface area contributed by atoms with Crippen LogP contribution in [0, 0.1) is 11.3 Å². The van der Waals surface area contributed by atoms with Crippen molar-refractivity contribution < 1.29 is 9.84 Å². The molecule has 21 heavy (non-hydrogen) atoms. The molecule has 0 aliphatic carbocycles. The van der Waals surface area contributed by atoms with Crippen LogP contribution < -0.4 is 5.32 Å². The molecule has 1 heterocycles. The Morgan fingerprint density at radius 2 is 2.19 bits per heavy atom. The minimum Gasteiger partial charge on any atom is -0.388 e. The number of aliphatic hydroxyl groups is 1. The smallest absolute Gasteiger partial charge is 0.144 e. The Morgan fingerprint density at radius 3 is 2.90 bits per heavy atom. The highest BCUT2D eigenvalue weighted by Crippen LogP contribution is 2.20. The molecule has 0 aliphatic rings. The van der Waals surface area contributed by atoms with Gasteiger partial charge >= 0.3 is 0 Å². The van der Waals surface area contributed by atoms with Crippen LogP contribution >= 0.6 is 0 Å². The van der Waals surface area contributed by atoms with Gasteiger partial charge in [0.05, 0.1) is 16.7 Å². The minimum atomic E-state index is -0.921. The van der Waals surface area contributed by atoms with Gasteiger partial charge in [-0.3, -0.25) is 0 Å². The molecule has 2 N–H and O–H groups in total. The molecule has 1 aromatic heterocycles. The van der Waals surface area contributed by atoms with Crippen LogP contribution in [0.4, 0.5) is 5.82 Å². The van der Waals surface area contributed by atoms with E-state index in [4.69, 9.17) is 4.74 Å². The molecule has 0 spiro atoms. The van der Waals surface area contributed by atoms with Gasteiger partial charge < -0.3 is 15.2 Å². The van der Waals surface area contributed by atoms with Gasteiger partial charge in [-0.2, -0.15) is 5.26 Å². The molecule has 0 amide bonds. The van der Waals surface area contributed by atoms with E-state index in [2.05, 4.69) is 16.4 Å². The Labute approximate surface area is 124 Å². The molecular weight excluding hydrogens is 266 g/mol. The zero-order chi connectivity index (χ0) is 15.3. The van der Waals surface area contributed by atoms with E-state index in [-0.39, 0.29) is 0 Å². The number of ether oxygens (including phenoxy) is 1. The van der Waals surface area contributed by atoms with Crippen LogP contribution in [0.15, 0.2) is 30.3 Å². The molecule has 5 heteroatoms. The fraction of sp³-hybridized carbons (Fsp3) is 0.375. The van der Waals surface area contributed by atoms with Crippen LogP contribution in [0.1, 0.15) is 18.9 Å². The average molecular weight is 285 g/mol. The third kappa shape index (κ3) is 3.91. The number of aromatic nitrogens is 1. The van der Waals surface area contributed by atoms with Crippen molar-refractivity contribution in [3.8, 4) is 6.07 Å². The standard InChI is InChI=1S/C16H19N3O2/c1-16(20,7-8-21-2)11-18-15-13(10-17)9-12-5-3-4-6-14(12)19-15/h3-6,9,20H,7-8,11H2,1-2H3,(H,18,19). The van der Waals surface area contributed by atoms with Gasteiger partial charge in [-0.15, -0.1) is 0 Å².